The lowest BCUT2D eigenvalue weighted by Gasteiger charge is -2.06. The van der Waals surface area contributed by atoms with Crippen molar-refractivity contribution in [2.24, 2.45) is 5.84 Å². The van der Waals surface area contributed by atoms with E-state index in [2.05, 4.69) is 15.7 Å². The van der Waals surface area contributed by atoms with Gasteiger partial charge in [0.25, 0.3) is 5.91 Å². The molecule has 0 aliphatic heterocycles. The number of aromatic nitrogens is 1. The minimum Gasteiger partial charge on any atom is -0.350 e. The Balaban J connectivity index is 1.87. The predicted octanol–water partition coefficient (Wildman–Crippen LogP) is 1.34. The monoisotopic (exact) mass is 256 g/mol. The molecule has 2 rings (SSSR count). The van der Waals surface area contributed by atoms with Gasteiger partial charge in [0, 0.05) is 6.54 Å². The van der Waals surface area contributed by atoms with Gasteiger partial charge in [0.1, 0.15) is 11.5 Å². The van der Waals surface area contributed by atoms with E-state index in [0.29, 0.717) is 18.1 Å². The van der Waals surface area contributed by atoms with Crippen molar-refractivity contribution in [3.8, 4) is 0 Å². The van der Waals surface area contributed by atoms with Gasteiger partial charge in [-0.1, -0.05) is 36.4 Å². The molecule has 19 heavy (non-hydrogen) atoms. The molecular formula is C14H16N4O. The molecule has 1 aromatic carbocycles. The van der Waals surface area contributed by atoms with Gasteiger partial charge in [0.05, 0.1) is 0 Å². The molecule has 1 heterocycles. The topological polar surface area (TPSA) is 80.0 Å². The first-order chi connectivity index (χ1) is 9.29. The maximum absolute atomic E-state index is 11.9. The average molecular weight is 256 g/mol. The van der Waals surface area contributed by atoms with Crippen molar-refractivity contribution in [2.75, 3.05) is 12.0 Å². The molecule has 1 aromatic heterocycles. The molecule has 0 aliphatic carbocycles. The van der Waals surface area contributed by atoms with E-state index in [9.17, 15) is 4.79 Å². The van der Waals surface area contributed by atoms with E-state index in [0.717, 1.165) is 6.42 Å². The average Bonchev–Trinajstić information content (AvgIpc) is 2.48. The van der Waals surface area contributed by atoms with E-state index in [-0.39, 0.29) is 5.91 Å². The lowest BCUT2D eigenvalue weighted by atomic mass is 10.1. The summed E-state index contributed by atoms with van der Waals surface area (Å²) in [7, 11) is 0. The van der Waals surface area contributed by atoms with Crippen LogP contribution in [0.1, 0.15) is 16.1 Å². The molecule has 1 amide bonds. The maximum atomic E-state index is 11.9. The standard InChI is InChI=1S/C14H16N4O/c15-18-13-8-4-7-12(17-13)14(19)16-10-9-11-5-2-1-3-6-11/h1-8H,9-10,15H2,(H,16,19)(H,17,18). The summed E-state index contributed by atoms with van der Waals surface area (Å²) in [4.78, 5) is 15.9. The third-order valence-electron chi connectivity index (χ3n) is 2.67. The summed E-state index contributed by atoms with van der Waals surface area (Å²) in [6, 6.07) is 15.1. The van der Waals surface area contributed by atoms with Crippen molar-refractivity contribution in [2.45, 2.75) is 6.42 Å². The largest absolute Gasteiger partial charge is 0.350 e. The summed E-state index contributed by atoms with van der Waals surface area (Å²) in [5.74, 6) is 5.52. The normalized spacial score (nSPS) is 9.95. The van der Waals surface area contributed by atoms with Gasteiger partial charge in [-0.15, -0.1) is 0 Å². The number of nitrogens with one attached hydrogen (secondary N) is 2. The van der Waals surface area contributed by atoms with Gasteiger partial charge in [0.15, 0.2) is 0 Å². The van der Waals surface area contributed by atoms with Crippen molar-refractivity contribution >= 4 is 11.7 Å². The number of hydrogen-bond donors (Lipinski definition) is 3. The van der Waals surface area contributed by atoms with E-state index in [4.69, 9.17) is 5.84 Å². The third-order valence-corrected chi connectivity index (χ3v) is 2.67. The summed E-state index contributed by atoms with van der Waals surface area (Å²) in [5, 5.41) is 2.83. The van der Waals surface area contributed by atoms with Gasteiger partial charge < -0.3 is 10.7 Å². The maximum Gasteiger partial charge on any atom is 0.269 e. The number of carbonyl (C=O) groups excluding carboxylic acids is 1. The van der Waals surface area contributed by atoms with Crippen LogP contribution in [0.3, 0.4) is 0 Å². The molecule has 2 aromatic rings. The molecule has 0 saturated heterocycles. The summed E-state index contributed by atoms with van der Waals surface area (Å²) in [6.07, 6.45) is 0.793. The molecule has 5 nitrogen and oxygen atoms in total. The molecule has 0 saturated carbocycles. The van der Waals surface area contributed by atoms with E-state index in [1.165, 1.54) is 5.56 Å². The lowest BCUT2D eigenvalue weighted by molar-refractivity contribution is 0.0949. The Bertz CT molecular complexity index is 542. The summed E-state index contributed by atoms with van der Waals surface area (Å²) >= 11 is 0. The molecule has 0 spiro atoms. The number of benzene rings is 1. The SMILES string of the molecule is NNc1cccc(C(=O)NCCc2ccccc2)n1. The van der Waals surface area contributed by atoms with E-state index >= 15 is 0 Å². The highest BCUT2D eigenvalue weighted by molar-refractivity contribution is 5.92. The van der Waals surface area contributed by atoms with Crippen LogP contribution in [0, 0.1) is 0 Å². The van der Waals surface area contributed by atoms with Crippen molar-refractivity contribution in [3.63, 3.8) is 0 Å². The summed E-state index contributed by atoms with van der Waals surface area (Å²) < 4.78 is 0. The first-order valence-electron chi connectivity index (χ1n) is 6.05. The van der Waals surface area contributed by atoms with E-state index < -0.39 is 0 Å². The molecular weight excluding hydrogens is 240 g/mol. The van der Waals surface area contributed by atoms with Crippen LogP contribution in [0.15, 0.2) is 48.5 Å². The molecule has 5 heteroatoms. The Hall–Kier alpha value is -2.40. The van der Waals surface area contributed by atoms with Crippen molar-refractivity contribution in [3.05, 3.63) is 59.8 Å². The van der Waals surface area contributed by atoms with E-state index in [1.54, 1.807) is 18.2 Å². The van der Waals surface area contributed by atoms with Gasteiger partial charge in [-0.3, -0.25) is 4.79 Å². The molecule has 4 N–H and O–H groups in total. The highest BCUT2D eigenvalue weighted by Crippen LogP contribution is 2.03. The minimum atomic E-state index is -0.201. The molecule has 0 atom stereocenters. The van der Waals surface area contributed by atoms with Crippen LogP contribution in [-0.2, 0) is 6.42 Å². The zero-order valence-electron chi connectivity index (χ0n) is 10.5. The fraction of sp³-hybridized carbons (Fsp3) is 0.143. The van der Waals surface area contributed by atoms with Crippen LogP contribution in [0.5, 0.6) is 0 Å². The fourth-order valence-electron chi connectivity index (χ4n) is 1.70. The molecule has 0 fully saturated rings. The number of pyridine rings is 1. The number of rotatable bonds is 5. The number of nitrogens with two attached hydrogens (primary N) is 1. The van der Waals surface area contributed by atoms with Crippen molar-refractivity contribution in [1.82, 2.24) is 10.3 Å². The van der Waals surface area contributed by atoms with Gasteiger partial charge in [-0.05, 0) is 24.1 Å². The van der Waals surface area contributed by atoms with Crippen molar-refractivity contribution < 1.29 is 4.79 Å². The zero-order chi connectivity index (χ0) is 13.5. The molecule has 0 radical (unpaired) electrons. The highest BCUT2D eigenvalue weighted by atomic mass is 16.1. The number of nitrogen functional groups attached to an aromatic ring is 1. The summed E-state index contributed by atoms with van der Waals surface area (Å²) in [6.45, 7) is 0.574. The second-order valence-corrected chi connectivity index (χ2v) is 4.04. The molecule has 98 valence electrons. The first kappa shape index (κ1) is 13.0. The van der Waals surface area contributed by atoms with Crippen LogP contribution >= 0.6 is 0 Å². The number of amides is 1. The number of carbonyl (C=O) groups is 1. The van der Waals surface area contributed by atoms with Crippen LogP contribution in [0.2, 0.25) is 0 Å². The fourth-order valence-corrected chi connectivity index (χ4v) is 1.70. The second kappa shape index (κ2) is 6.51. The first-order valence-corrected chi connectivity index (χ1v) is 6.05. The minimum absolute atomic E-state index is 0.201. The lowest BCUT2D eigenvalue weighted by Crippen LogP contribution is -2.26. The zero-order valence-corrected chi connectivity index (χ0v) is 10.5. The number of anilines is 1. The summed E-state index contributed by atoms with van der Waals surface area (Å²) in [5.41, 5.74) is 3.95. The Morgan fingerprint density at radius 1 is 1.11 bits per heavy atom. The van der Waals surface area contributed by atoms with Crippen molar-refractivity contribution in [1.29, 1.82) is 0 Å². The molecule has 0 unspecified atom stereocenters. The van der Waals surface area contributed by atoms with Gasteiger partial charge in [0.2, 0.25) is 0 Å². The van der Waals surface area contributed by atoms with Gasteiger partial charge >= 0.3 is 0 Å². The predicted molar refractivity (Wildman–Crippen MR) is 74.5 cm³/mol. The van der Waals surface area contributed by atoms with Crippen LogP contribution in [0.4, 0.5) is 5.82 Å². The Morgan fingerprint density at radius 3 is 2.63 bits per heavy atom. The highest BCUT2D eigenvalue weighted by Gasteiger charge is 2.06. The van der Waals surface area contributed by atoms with Crippen LogP contribution in [0.25, 0.3) is 0 Å². The Labute approximate surface area is 111 Å². The van der Waals surface area contributed by atoms with Gasteiger partial charge in [-0.25, -0.2) is 10.8 Å². The quantitative estimate of drug-likeness (QED) is 0.557. The number of hydrogen-bond acceptors (Lipinski definition) is 4. The van der Waals surface area contributed by atoms with Crippen LogP contribution < -0.4 is 16.6 Å². The third kappa shape index (κ3) is 3.79. The Morgan fingerprint density at radius 2 is 1.89 bits per heavy atom. The van der Waals surface area contributed by atoms with Gasteiger partial charge in [-0.2, -0.15) is 0 Å². The smallest absolute Gasteiger partial charge is 0.269 e. The Kier molecular flexibility index (Phi) is 4.47. The number of nitrogens with zero attached hydrogens (tertiary/aromatic N) is 1. The molecule has 0 aliphatic rings. The van der Waals surface area contributed by atoms with Crippen LogP contribution in [-0.4, -0.2) is 17.4 Å². The van der Waals surface area contributed by atoms with E-state index in [1.807, 2.05) is 30.3 Å². The second-order valence-electron chi connectivity index (χ2n) is 4.04. The number of hydrazine groups is 1. The molecule has 0 bridgehead atoms.